The van der Waals surface area contributed by atoms with E-state index in [1.807, 2.05) is 12.1 Å². The van der Waals surface area contributed by atoms with Gasteiger partial charge in [0.25, 0.3) is 5.65 Å². The summed E-state index contributed by atoms with van der Waals surface area (Å²) < 4.78 is 8.01. The zero-order chi connectivity index (χ0) is 16.4. The number of aromatic nitrogens is 3. The molecule has 118 valence electrons. The molecule has 3 rings (SSSR count). The van der Waals surface area contributed by atoms with Crippen LogP contribution in [-0.2, 0) is 11.3 Å². The van der Waals surface area contributed by atoms with Gasteiger partial charge in [0, 0.05) is 24.9 Å². The Morgan fingerprint density at radius 2 is 2.22 bits per heavy atom. The first-order valence-corrected chi connectivity index (χ1v) is 7.32. The zero-order valence-corrected chi connectivity index (χ0v) is 13.2. The zero-order valence-electron chi connectivity index (χ0n) is 12.4. The SMILES string of the molecule is COCC(=O)c1c([O-])[n+]2ccccc2n1Cc1ccc(Cl)nc1. The number of ketones is 1. The summed E-state index contributed by atoms with van der Waals surface area (Å²) in [5.74, 6) is -0.715. The minimum atomic E-state index is -0.358. The van der Waals surface area contributed by atoms with E-state index in [4.69, 9.17) is 16.3 Å². The Hall–Kier alpha value is -2.44. The molecule has 23 heavy (non-hydrogen) atoms. The van der Waals surface area contributed by atoms with Gasteiger partial charge in [0.15, 0.2) is 0 Å². The molecule has 0 aliphatic carbocycles. The van der Waals surface area contributed by atoms with Crippen molar-refractivity contribution < 1.29 is 19.0 Å². The average molecular weight is 332 g/mol. The third-order valence-electron chi connectivity index (χ3n) is 3.48. The lowest BCUT2D eigenvalue weighted by Gasteiger charge is -2.05. The summed E-state index contributed by atoms with van der Waals surface area (Å²) in [5.41, 5.74) is 1.56. The summed E-state index contributed by atoms with van der Waals surface area (Å²) >= 11 is 5.79. The van der Waals surface area contributed by atoms with Crippen LogP contribution < -0.4 is 9.51 Å². The summed E-state index contributed by atoms with van der Waals surface area (Å²) in [6, 6.07) is 8.83. The fourth-order valence-corrected chi connectivity index (χ4v) is 2.59. The number of carbonyl (C=O) groups is 1. The highest BCUT2D eigenvalue weighted by Crippen LogP contribution is 2.18. The molecule has 3 aromatic heterocycles. The quantitative estimate of drug-likeness (QED) is 0.400. The summed E-state index contributed by atoms with van der Waals surface area (Å²) in [6.07, 6.45) is 3.26. The maximum Gasteiger partial charge on any atom is 0.286 e. The van der Waals surface area contributed by atoms with Gasteiger partial charge < -0.3 is 9.84 Å². The van der Waals surface area contributed by atoms with E-state index < -0.39 is 0 Å². The molecular formula is C16H14ClN3O3. The van der Waals surface area contributed by atoms with Crippen LogP contribution in [0.25, 0.3) is 5.65 Å². The van der Waals surface area contributed by atoms with Gasteiger partial charge in [-0.2, -0.15) is 0 Å². The van der Waals surface area contributed by atoms with Crippen LogP contribution in [0.2, 0.25) is 5.15 Å². The molecule has 0 spiro atoms. The molecule has 0 saturated carbocycles. The molecule has 6 nitrogen and oxygen atoms in total. The number of fused-ring (bicyclic) bond motifs is 1. The Balaban J connectivity index is 2.14. The van der Waals surface area contributed by atoms with Crippen LogP contribution in [0.5, 0.6) is 5.88 Å². The molecule has 0 fully saturated rings. The maximum atomic E-state index is 12.5. The van der Waals surface area contributed by atoms with Gasteiger partial charge in [-0.25, -0.2) is 14.0 Å². The van der Waals surface area contributed by atoms with Crippen molar-refractivity contribution in [2.45, 2.75) is 6.54 Å². The van der Waals surface area contributed by atoms with Crippen LogP contribution in [0, 0.1) is 0 Å². The lowest BCUT2D eigenvalue weighted by molar-refractivity contribution is -0.582. The van der Waals surface area contributed by atoms with Gasteiger partial charge >= 0.3 is 0 Å². The van der Waals surface area contributed by atoms with Gasteiger partial charge in [-0.3, -0.25) is 4.79 Å². The molecule has 7 heteroatoms. The molecule has 0 amide bonds. The van der Waals surface area contributed by atoms with Crippen LogP contribution >= 0.6 is 11.6 Å². The second-order valence-corrected chi connectivity index (χ2v) is 5.40. The van der Waals surface area contributed by atoms with Crippen LogP contribution in [0.15, 0.2) is 42.7 Å². The second-order valence-electron chi connectivity index (χ2n) is 5.01. The monoisotopic (exact) mass is 331 g/mol. The lowest BCUT2D eigenvalue weighted by atomic mass is 10.2. The van der Waals surface area contributed by atoms with Crippen molar-refractivity contribution in [2.75, 3.05) is 13.7 Å². The molecule has 3 heterocycles. The van der Waals surface area contributed by atoms with Crippen molar-refractivity contribution in [3.63, 3.8) is 0 Å². The molecule has 0 unspecified atom stereocenters. The molecule has 0 aromatic carbocycles. The van der Waals surface area contributed by atoms with Crippen molar-refractivity contribution >= 4 is 23.0 Å². The number of hydrogen-bond donors (Lipinski definition) is 0. The molecule has 0 N–H and O–H groups in total. The molecular weight excluding hydrogens is 318 g/mol. The number of rotatable bonds is 5. The van der Waals surface area contributed by atoms with E-state index >= 15 is 0 Å². The highest BCUT2D eigenvalue weighted by molar-refractivity contribution is 6.29. The average Bonchev–Trinajstić information content (AvgIpc) is 2.83. The fourth-order valence-electron chi connectivity index (χ4n) is 2.48. The highest BCUT2D eigenvalue weighted by Gasteiger charge is 2.25. The predicted molar refractivity (Wildman–Crippen MR) is 81.6 cm³/mol. The van der Waals surface area contributed by atoms with Crippen LogP contribution in [0.4, 0.5) is 0 Å². The van der Waals surface area contributed by atoms with Crippen molar-refractivity contribution in [3.05, 3.63) is 59.1 Å². The first kappa shape index (κ1) is 15.5. The fraction of sp³-hybridized carbons (Fsp3) is 0.188. The van der Waals surface area contributed by atoms with Gasteiger partial charge in [0.05, 0.1) is 6.20 Å². The largest absolute Gasteiger partial charge is 0.839 e. The minimum Gasteiger partial charge on any atom is -0.839 e. The second kappa shape index (κ2) is 6.36. The first-order chi connectivity index (χ1) is 11.1. The number of pyridine rings is 2. The van der Waals surface area contributed by atoms with E-state index in [0.29, 0.717) is 17.3 Å². The Labute approximate surface area is 137 Å². The minimum absolute atomic E-state index is 0.0907. The van der Waals surface area contributed by atoms with Crippen LogP contribution in [0.3, 0.4) is 0 Å². The number of nitrogens with zero attached hydrogens (tertiary/aromatic N) is 3. The number of ether oxygens (including phenoxy) is 1. The Morgan fingerprint density at radius 3 is 2.91 bits per heavy atom. The van der Waals surface area contributed by atoms with E-state index in [-0.39, 0.29) is 24.0 Å². The lowest BCUT2D eigenvalue weighted by Crippen LogP contribution is -2.24. The Kier molecular flexibility index (Phi) is 4.27. The van der Waals surface area contributed by atoms with E-state index in [1.165, 1.54) is 11.5 Å². The van der Waals surface area contributed by atoms with E-state index in [1.54, 1.807) is 35.2 Å². The maximum absolute atomic E-state index is 12.5. The van der Waals surface area contributed by atoms with Gasteiger partial charge in [-0.1, -0.05) is 23.7 Å². The smallest absolute Gasteiger partial charge is 0.286 e. The highest BCUT2D eigenvalue weighted by atomic mass is 35.5. The molecule has 3 aromatic rings. The van der Waals surface area contributed by atoms with Crippen LogP contribution in [-0.4, -0.2) is 29.1 Å². The number of Topliss-reactive ketones (excluding diaryl/α,β-unsaturated/α-hetero) is 1. The van der Waals surface area contributed by atoms with Gasteiger partial charge in [-0.05, 0) is 12.1 Å². The van der Waals surface area contributed by atoms with Crippen molar-refractivity contribution in [2.24, 2.45) is 0 Å². The Bertz CT molecular complexity index is 859. The van der Waals surface area contributed by atoms with E-state index in [2.05, 4.69) is 4.98 Å². The number of halogens is 1. The topological polar surface area (TPSA) is 71.3 Å². The number of carbonyl (C=O) groups excluding carboxylic acids is 1. The normalized spacial score (nSPS) is 11.0. The van der Waals surface area contributed by atoms with E-state index in [9.17, 15) is 9.90 Å². The number of hydrogen-bond acceptors (Lipinski definition) is 4. The molecule has 0 atom stereocenters. The standard InChI is InChI=1S/C16H14ClN3O3/c1-23-10-12(21)15-16(22)19-7-3-2-4-14(19)20(15)9-11-5-6-13(17)18-8-11/h2-8H,9-10H2,1H3. The summed E-state index contributed by atoms with van der Waals surface area (Å²) in [4.78, 5) is 16.3. The molecule has 0 radical (unpaired) electrons. The third kappa shape index (κ3) is 2.91. The van der Waals surface area contributed by atoms with Gasteiger partial charge in [-0.15, -0.1) is 0 Å². The van der Waals surface area contributed by atoms with Gasteiger partial charge in [0.2, 0.25) is 11.5 Å². The van der Waals surface area contributed by atoms with E-state index in [0.717, 1.165) is 5.56 Å². The molecule has 0 aliphatic heterocycles. The van der Waals surface area contributed by atoms with Crippen molar-refractivity contribution in [3.8, 4) is 5.88 Å². The van der Waals surface area contributed by atoms with Gasteiger partial charge in [0.1, 0.15) is 24.2 Å². The number of imidazole rings is 1. The van der Waals surface area contributed by atoms with Crippen molar-refractivity contribution in [1.29, 1.82) is 0 Å². The van der Waals surface area contributed by atoms with Crippen molar-refractivity contribution in [1.82, 2.24) is 9.55 Å². The summed E-state index contributed by atoms with van der Waals surface area (Å²) in [7, 11) is 1.42. The van der Waals surface area contributed by atoms with Crippen LogP contribution in [0.1, 0.15) is 16.1 Å². The molecule has 0 aliphatic rings. The third-order valence-corrected chi connectivity index (χ3v) is 3.70. The molecule has 0 bridgehead atoms. The Morgan fingerprint density at radius 1 is 1.39 bits per heavy atom. The number of methoxy groups -OCH3 is 1. The summed E-state index contributed by atoms with van der Waals surface area (Å²) in [6.45, 7) is 0.190. The summed E-state index contributed by atoms with van der Waals surface area (Å²) in [5, 5.41) is 12.9. The first-order valence-electron chi connectivity index (χ1n) is 6.94. The molecule has 0 saturated heterocycles. The predicted octanol–water partition coefficient (Wildman–Crippen LogP) is 1.23.